The van der Waals surface area contributed by atoms with Crippen LogP contribution in [0.5, 0.6) is 5.75 Å². The summed E-state index contributed by atoms with van der Waals surface area (Å²) in [6.45, 7) is 0. The number of hydrogen-bond acceptors (Lipinski definition) is 2. The SMILES string of the molecule is NC(=[NH+]O)c1ccc(-c2ccc(O)cc2)cc1. The topological polar surface area (TPSA) is 80.5 Å². The molecule has 0 aliphatic carbocycles. The molecule has 4 nitrogen and oxygen atoms in total. The molecular weight excluding hydrogens is 216 g/mol. The zero-order valence-electron chi connectivity index (χ0n) is 9.09. The highest BCUT2D eigenvalue weighted by atomic mass is 16.4. The quantitative estimate of drug-likeness (QED) is 0.258. The van der Waals surface area contributed by atoms with Gasteiger partial charge in [0, 0.05) is 0 Å². The molecule has 0 aromatic heterocycles. The van der Waals surface area contributed by atoms with Crippen molar-refractivity contribution in [3.8, 4) is 16.9 Å². The summed E-state index contributed by atoms with van der Waals surface area (Å²) < 4.78 is 0. The Balaban J connectivity index is 2.32. The van der Waals surface area contributed by atoms with Gasteiger partial charge in [0.15, 0.2) is 0 Å². The molecule has 2 rings (SSSR count). The van der Waals surface area contributed by atoms with E-state index in [1.54, 1.807) is 24.3 Å². The zero-order chi connectivity index (χ0) is 12.3. The van der Waals surface area contributed by atoms with Crippen molar-refractivity contribution in [1.29, 1.82) is 0 Å². The summed E-state index contributed by atoms with van der Waals surface area (Å²) in [6.07, 6.45) is 0. The average molecular weight is 229 g/mol. The summed E-state index contributed by atoms with van der Waals surface area (Å²) in [7, 11) is 0. The van der Waals surface area contributed by atoms with Crippen LogP contribution in [0.25, 0.3) is 11.1 Å². The number of amidine groups is 1. The monoisotopic (exact) mass is 229 g/mol. The van der Waals surface area contributed by atoms with Crippen molar-refractivity contribution in [2.45, 2.75) is 0 Å². The van der Waals surface area contributed by atoms with Crippen LogP contribution in [0.3, 0.4) is 0 Å². The number of phenols is 1. The number of nitrogens with two attached hydrogens (primary N) is 1. The van der Waals surface area contributed by atoms with E-state index in [4.69, 9.17) is 10.9 Å². The van der Waals surface area contributed by atoms with Gasteiger partial charge in [-0.3, -0.25) is 5.73 Å². The number of aromatic hydroxyl groups is 1. The van der Waals surface area contributed by atoms with Crippen molar-refractivity contribution in [2.24, 2.45) is 5.73 Å². The fourth-order valence-electron chi connectivity index (χ4n) is 1.56. The van der Waals surface area contributed by atoms with E-state index < -0.39 is 0 Å². The minimum absolute atomic E-state index is 0.210. The summed E-state index contributed by atoms with van der Waals surface area (Å²) in [4.78, 5) is 0. The second-order valence-electron chi connectivity index (χ2n) is 3.65. The first-order valence-electron chi connectivity index (χ1n) is 5.13. The van der Waals surface area contributed by atoms with E-state index in [1.165, 1.54) is 0 Å². The van der Waals surface area contributed by atoms with Crippen LogP contribution in [0.4, 0.5) is 0 Å². The van der Waals surface area contributed by atoms with Crippen LogP contribution in [-0.4, -0.2) is 16.1 Å². The number of phenolic OH excluding ortho intramolecular Hbond substituents is 1. The first-order chi connectivity index (χ1) is 8.20. The third-order valence-corrected chi connectivity index (χ3v) is 2.52. The number of hydrogen-bond donors (Lipinski definition) is 4. The molecule has 0 aliphatic heterocycles. The van der Waals surface area contributed by atoms with E-state index in [1.807, 2.05) is 29.4 Å². The average Bonchev–Trinajstić information content (AvgIpc) is 2.39. The highest BCUT2D eigenvalue weighted by Crippen LogP contribution is 2.21. The molecule has 2 aromatic rings. The maximum Gasteiger partial charge on any atom is 0.311 e. The van der Waals surface area contributed by atoms with E-state index in [0.29, 0.717) is 0 Å². The highest BCUT2D eigenvalue weighted by Gasteiger charge is 2.04. The number of rotatable bonds is 2. The molecule has 0 amide bonds. The minimum atomic E-state index is 0.210. The Morgan fingerprint density at radius 2 is 1.35 bits per heavy atom. The van der Waals surface area contributed by atoms with Crippen molar-refractivity contribution in [3.05, 3.63) is 54.1 Å². The molecule has 2 aromatic carbocycles. The lowest BCUT2D eigenvalue weighted by Gasteiger charge is -2.02. The van der Waals surface area contributed by atoms with Gasteiger partial charge in [0.2, 0.25) is 0 Å². The lowest BCUT2D eigenvalue weighted by atomic mass is 10.0. The van der Waals surface area contributed by atoms with E-state index in [-0.39, 0.29) is 11.6 Å². The smallest absolute Gasteiger partial charge is 0.311 e. The van der Waals surface area contributed by atoms with Crippen LogP contribution in [0.2, 0.25) is 0 Å². The van der Waals surface area contributed by atoms with E-state index in [0.717, 1.165) is 16.7 Å². The van der Waals surface area contributed by atoms with Crippen molar-refractivity contribution in [3.63, 3.8) is 0 Å². The predicted molar refractivity (Wildman–Crippen MR) is 64.6 cm³/mol. The maximum absolute atomic E-state index is 9.20. The van der Waals surface area contributed by atoms with Crippen LogP contribution < -0.4 is 10.9 Å². The first-order valence-corrected chi connectivity index (χ1v) is 5.13. The van der Waals surface area contributed by atoms with Crippen LogP contribution in [-0.2, 0) is 0 Å². The van der Waals surface area contributed by atoms with Gasteiger partial charge in [-0.15, -0.1) is 0 Å². The molecular formula is C13H13N2O2+. The van der Waals surface area contributed by atoms with Crippen molar-refractivity contribution < 1.29 is 15.5 Å². The summed E-state index contributed by atoms with van der Waals surface area (Å²) in [5.41, 5.74) is 8.26. The van der Waals surface area contributed by atoms with Gasteiger partial charge < -0.3 is 10.3 Å². The Morgan fingerprint density at radius 1 is 0.882 bits per heavy atom. The Hall–Kier alpha value is -2.49. The molecule has 86 valence electrons. The molecule has 0 spiro atoms. The van der Waals surface area contributed by atoms with Crippen LogP contribution >= 0.6 is 0 Å². The van der Waals surface area contributed by atoms with Crippen LogP contribution in [0, 0.1) is 0 Å². The van der Waals surface area contributed by atoms with Gasteiger partial charge in [0.25, 0.3) is 0 Å². The maximum atomic E-state index is 9.20. The van der Waals surface area contributed by atoms with Gasteiger partial charge in [-0.25, -0.2) is 0 Å². The van der Waals surface area contributed by atoms with Gasteiger partial charge in [-0.05, 0) is 35.4 Å². The predicted octanol–water partition coefficient (Wildman–Crippen LogP) is 0.234. The third-order valence-electron chi connectivity index (χ3n) is 2.52. The molecule has 0 saturated heterocycles. The standard InChI is InChI=1S/C13H12N2O2/c14-13(15-17)11-3-1-9(2-4-11)10-5-7-12(16)8-6-10/h1-8,16-17H,(H2,14,15)/p+1. The lowest BCUT2D eigenvalue weighted by molar-refractivity contribution is -0.737. The molecule has 0 unspecified atom stereocenters. The van der Waals surface area contributed by atoms with Gasteiger partial charge in [-0.1, -0.05) is 29.4 Å². The fourth-order valence-corrected chi connectivity index (χ4v) is 1.56. The van der Waals surface area contributed by atoms with Gasteiger partial charge in [0.05, 0.1) is 5.56 Å². The van der Waals surface area contributed by atoms with Crippen molar-refractivity contribution in [1.82, 2.24) is 0 Å². The molecule has 0 fully saturated rings. The molecule has 0 bridgehead atoms. The second kappa shape index (κ2) is 4.57. The highest BCUT2D eigenvalue weighted by molar-refractivity contribution is 5.93. The van der Waals surface area contributed by atoms with Crippen molar-refractivity contribution >= 4 is 5.84 Å². The fraction of sp³-hybridized carbons (Fsp3) is 0. The normalized spacial score (nSPS) is 11.4. The van der Waals surface area contributed by atoms with Crippen molar-refractivity contribution in [2.75, 3.05) is 0 Å². The molecule has 0 heterocycles. The number of nitrogens with one attached hydrogen (secondary N) is 1. The second-order valence-corrected chi connectivity index (χ2v) is 3.65. The summed E-state index contributed by atoms with van der Waals surface area (Å²) in [5.74, 6) is 0.453. The third kappa shape index (κ3) is 2.36. The summed E-state index contributed by atoms with van der Waals surface area (Å²) >= 11 is 0. The molecule has 4 heteroatoms. The molecule has 0 aliphatic rings. The Kier molecular flexibility index (Phi) is 2.96. The van der Waals surface area contributed by atoms with Gasteiger partial charge >= 0.3 is 5.84 Å². The molecule has 0 saturated carbocycles. The molecule has 17 heavy (non-hydrogen) atoms. The first kappa shape index (κ1) is 11.0. The molecule has 0 atom stereocenters. The van der Waals surface area contributed by atoms with E-state index in [9.17, 15) is 5.11 Å². The Labute approximate surface area is 98.6 Å². The summed E-state index contributed by atoms with van der Waals surface area (Å²) in [6, 6.07) is 14.3. The molecule has 0 radical (unpaired) electrons. The Bertz CT molecular complexity index is 530. The molecule has 5 N–H and O–H groups in total. The minimum Gasteiger partial charge on any atom is -0.508 e. The van der Waals surface area contributed by atoms with Crippen LogP contribution in [0.15, 0.2) is 48.5 Å². The van der Waals surface area contributed by atoms with Crippen LogP contribution in [0.1, 0.15) is 5.56 Å². The van der Waals surface area contributed by atoms with Gasteiger partial charge in [-0.2, -0.15) is 0 Å². The summed E-state index contributed by atoms with van der Waals surface area (Å²) in [5, 5.41) is 19.8. The Morgan fingerprint density at radius 3 is 1.82 bits per heavy atom. The van der Waals surface area contributed by atoms with E-state index >= 15 is 0 Å². The lowest BCUT2D eigenvalue weighted by Crippen LogP contribution is -2.71. The number of benzene rings is 2. The largest absolute Gasteiger partial charge is 0.508 e. The zero-order valence-corrected chi connectivity index (χ0v) is 9.09. The van der Waals surface area contributed by atoms with E-state index in [2.05, 4.69) is 0 Å². The van der Waals surface area contributed by atoms with Gasteiger partial charge in [0.1, 0.15) is 5.75 Å². The number of nitrogen functional groups attached to an aromatic ring is 1.